The zero-order chi connectivity index (χ0) is 19.7. The maximum absolute atomic E-state index is 12.8. The summed E-state index contributed by atoms with van der Waals surface area (Å²) in [5.41, 5.74) is 1.83. The van der Waals surface area contributed by atoms with Gasteiger partial charge in [-0.25, -0.2) is 4.99 Å². The molecule has 0 spiro atoms. The molecule has 28 heavy (non-hydrogen) atoms. The molecule has 1 aliphatic heterocycles. The van der Waals surface area contributed by atoms with Crippen LogP contribution in [0.25, 0.3) is 17.0 Å². The highest BCUT2D eigenvalue weighted by molar-refractivity contribution is 8.18. The molecular formula is C21H17N3O3S. The standard InChI is InChI=1S/C21H17N3O3S/c1-24-17-12-16(27-2)9-8-13(17)10-14(20(24)25)11-18-19(23-21(26)28-18)22-15-6-4-3-5-7-15/h3-12H,1-2H3,(H,22,23,26). The van der Waals surface area contributed by atoms with Crippen molar-refractivity contribution in [3.8, 4) is 5.75 Å². The Bertz CT molecular complexity index is 1200. The summed E-state index contributed by atoms with van der Waals surface area (Å²) >= 11 is 1.03. The number of thioether (sulfide) groups is 1. The Morgan fingerprint density at radius 2 is 1.89 bits per heavy atom. The van der Waals surface area contributed by atoms with Gasteiger partial charge in [0.1, 0.15) is 11.6 Å². The first-order valence-corrected chi connectivity index (χ1v) is 9.39. The van der Waals surface area contributed by atoms with Crippen LogP contribution < -0.4 is 15.6 Å². The molecule has 0 saturated carbocycles. The Hall–Kier alpha value is -3.32. The first kappa shape index (κ1) is 18.1. The van der Waals surface area contributed by atoms with Gasteiger partial charge in [-0.15, -0.1) is 0 Å². The molecule has 1 aliphatic rings. The van der Waals surface area contributed by atoms with E-state index in [4.69, 9.17) is 4.74 Å². The van der Waals surface area contributed by atoms with Crippen LogP contribution in [0.5, 0.6) is 5.75 Å². The van der Waals surface area contributed by atoms with E-state index in [1.807, 2.05) is 54.6 Å². The van der Waals surface area contributed by atoms with E-state index in [0.29, 0.717) is 22.1 Å². The van der Waals surface area contributed by atoms with Gasteiger partial charge in [-0.2, -0.15) is 0 Å². The van der Waals surface area contributed by atoms with Gasteiger partial charge in [0.05, 0.1) is 23.2 Å². The van der Waals surface area contributed by atoms with Crippen molar-refractivity contribution in [1.82, 2.24) is 9.88 Å². The average Bonchev–Trinajstić information content (AvgIpc) is 3.05. The number of nitrogens with one attached hydrogen (secondary N) is 1. The summed E-state index contributed by atoms with van der Waals surface area (Å²) in [5.74, 6) is 1.13. The van der Waals surface area contributed by atoms with E-state index in [2.05, 4.69) is 10.3 Å². The molecule has 2 aromatic carbocycles. The number of fused-ring (bicyclic) bond motifs is 1. The predicted molar refractivity (Wildman–Crippen MR) is 113 cm³/mol. The summed E-state index contributed by atoms with van der Waals surface area (Å²) in [7, 11) is 3.31. The second kappa shape index (κ2) is 7.36. The molecule has 0 atom stereocenters. The highest BCUT2D eigenvalue weighted by atomic mass is 32.2. The van der Waals surface area contributed by atoms with Crippen LogP contribution >= 0.6 is 11.8 Å². The van der Waals surface area contributed by atoms with Gasteiger partial charge in [0.25, 0.3) is 10.8 Å². The van der Waals surface area contributed by atoms with E-state index >= 15 is 0 Å². The van der Waals surface area contributed by atoms with E-state index in [9.17, 15) is 9.59 Å². The fourth-order valence-electron chi connectivity index (χ4n) is 2.98. The highest BCUT2D eigenvalue weighted by Crippen LogP contribution is 2.29. The Balaban J connectivity index is 1.82. The second-order valence-corrected chi connectivity index (χ2v) is 7.22. The van der Waals surface area contributed by atoms with Crippen LogP contribution in [-0.2, 0) is 7.05 Å². The monoisotopic (exact) mass is 391 g/mol. The highest BCUT2D eigenvalue weighted by Gasteiger charge is 2.24. The lowest BCUT2D eigenvalue weighted by atomic mass is 10.1. The molecule has 1 fully saturated rings. The molecule has 1 aromatic heterocycles. The molecule has 140 valence electrons. The number of hydrogen-bond donors (Lipinski definition) is 1. The average molecular weight is 391 g/mol. The van der Waals surface area contributed by atoms with Crippen molar-refractivity contribution in [1.29, 1.82) is 0 Å². The number of amides is 1. The lowest BCUT2D eigenvalue weighted by Gasteiger charge is -2.09. The number of ether oxygens (including phenoxy) is 1. The first-order chi connectivity index (χ1) is 13.5. The number of hydrogen-bond acceptors (Lipinski definition) is 5. The number of carbonyl (C=O) groups excluding carboxylic acids is 1. The summed E-state index contributed by atoms with van der Waals surface area (Å²) in [6, 6.07) is 16.7. The third-order valence-electron chi connectivity index (χ3n) is 4.40. The molecule has 6 nitrogen and oxygen atoms in total. The van der Waals surface area contributed by atoms with E-state index in [0.717, 1.165) is 28.4 Å². The predicted octanol–water partition coefficient (Wildman–Crippen LogP) is 4.07. The van der Waals surface area contributed by atoms with Crippen molar-refractivity contribution in [2.45, 2.75) is 0 Å². The second-order valence-electron chi connectivity index (χ2n) is 6.21. The van der Waals surface area contributed by atoms with Crippen LogP contribution in [0.3, 0.4) is 0 Å². The van der Waals surface area contributed by atoms with Crippen LogP contribution in [-0.4, -0.2) is 22.8 Å². The van der Waals surface area contributed by atoms with Gasteiger partial charge in [-0.3, -0.25) is 9.59 Å². The molecule has 3 aromatic rings. The van der Waals surface area contributed by atoms with E-state index in [-0.39, 0.29) is 10.8 Å². The number of benzene rings is 2. The SMILES string of the molecule is COc1ccc2cc(C=C3SC(=O)NC3=Nc3ccccc3)c(=O)n(C)c2c1. The molecule has 1 N–H and O–H groups in total. The van der Waals surface area contributed by atoms with Crippen LogP contribution in [0.2, 0.25) is 0 Å². The number of aromatic nitrogens is 1. The molecule has 4 rings (SSSR count). The fourth-order valence-corrected chi connectivity index (χ4v) is 3.71. The Labute approximate surface area is 165 Å². The van der Waals surface area contributed by atoms with Gasteiger partial charge in [-0.1, -0.05) is 18.2 Å². The third-order valence-corrected chi connectivity index (χ3v) is 5.22. The Morgan fingerprint density at radius 1 is 1.11 bits per heavy atom. The molecular weight excluding hydrogens is 374 g/mol. The third kappa shape index (κ3) is 3.44. The van der Waals surface area contributed by atoms with Gasteiger partial charge < -0.3 is 14.6 Å². The van der Waals surface area contributed by atoms with Crippen molar-refractivity contribution < 1.29 is 9.53 Å². The summed E-state index contributed by atoms with van der Waals surface area (Å²) in [5, 5.41) is 3.42. The maximum Gasteiger partial charge on any atom is 0.289 e. The van der Waals surface area contributed by atoms with Crippen molar-refractivity contribution in [3.63, 3.8) is 0 Å². The first-order valence-electron chi connectivity index (χ1n) is 8.57. The van der Waals surface area contributed by atoms with Crippen LogP contribution in [0, 0.1) is 0 Å². The minimum atomic E-state index is -0.219. The van der Waals surface area contributed by atoms with Crippen molar-refractivity contribution in [3.05, 3.63) is 75.4 Å². The summed E-state index contributed by atoms with van der Waals surface area (Å²) in [6.07, 6.45) is 1.70. The van der Waals surface area contributed by atoms with Crippen molar-refractivity contribution >= 4 is 45.5 Å². The minimum Gasteiger partial charge on any atom is -0.497 e. The van der Waals surface area contributed by atoms with Gasteiger partial charge in [-0.05, 0) is 53.6 Å². The van der Waals surface area contributed by atoms with E-state index in [1.54, 1.807) is 24.8 Å². The Morgan fingerprint density at radius 3 is 2.64 bits per heavy atom. The molecule has 0 radical (unpaired) electrons. The number of carbonyl (C=O) groups is 1. The molecule has 0 unspecified atom stereocenters. The number of para-hydroxylation sites is 1. The maximum atomic E-state index is 12.8. The summed E-state index contributed by atoms with van der Waals surface area (Å²) in [6.45, 7) is 0. The molecule has 0 aliphatic carbocycles. The number of nitrogens with zero attached hydrogens (tertiary/aromatic N) is 2. The number of aliphatic imine (C=N–C) groups is 1. The fraction of sp³-hybridized carbons (Fsp3) is 0.0952. The van der Waals surface area contributed by atoms with Gasteiger partial charge in [0, 0.05) is 18.7 Å². The van der Waals surface area contributed by atoms with E-state index in [1.165, 1.54) is 0 Å². The largest absolute Gasteiger partial charge is 0.497 e. The van der Waals surface area contributed by atoms with Crippen LogP contribution in [0.4, 0.5) is 10.5 Å². The van der Waals surface area contributed by atoms with Gasteiger partial charge in [0.15, 0.2) is 0 Å². The zero-order valence-electron chi connectivity index (χ0n) is 15.3. The molecule has 2 heterocycles. The summed E-state index contributed by atoms with van der Waals surface area (Å²) < 4.78 is 6.82. The number of methoxy groups -OCH3 is 1. The normalized spacial score (nSPS) is 16.7. The molecule has 1 saturated heterocycles. The number of amidine groups is 1. The zero-order valence-corrected chi connectivity index (χ0v) is 16.1. The minimum absolute atomic E-state index is 0.160. The van der Waals surface area contributed by atoms with Crippen LogP contribution in [0.15, 0.2) is 69.3 Å². The van der Waals surface area contributed by atoms with Gasteiger partial charge in [0.2, 0.25) is 0 Å². The Kier molecular flexibility index (Phi) is 4.75. The molecule has 7 heteroatoms. The van der Waals surface area contributed by atoms with Gasteiger partial charge >= 0.3 is 0 Å². The smallest absolute Gasteiger partial charge is 0.289 e. The van der Waals surface area contributed by atoms with Crippen molar-refractivity contribution in [2.75, 3.05) is 7.11 Å². The quantitative estimate of drug-likeness (QED) is 0.730. The lowest BCUT2D eigenvalue weighted by Crippen LogP contribution is -2.20. The van der Waals surface area contributed by atoms with E-state index < -0.39 is 0 Å². The lowest BCUT2D eigenvalue weighted by molar-refractivity contribution is 0.265. The number of rotatable bonds is 3. The van der Waals surface area contributed by atoms with Crippen LogP contribution in [0.1, 0.15) is 5.56 Å². The number of pyridine rings is 1. The van der Waals surface area contributed by atoms with Crippen molar-refractivity contribution in [2.24, 2.45) is 12.0 Å². The number of aryl methyl sites for hydroxylation is 1. The summed E-state index contributed by atoms with van der Waals surface area (Å²) in [4.78, 5) is 29.9. The topological polar surface area (TPSA) is 72.7 Å². The molecule has 0 bridgehead atoms. The molecule has 1 amide bonds.